The number of carbonyl (C=O) groups is 1. The van der Waals surface area contributed by atoms with Crippen LogP contribution in [0.3, 0.4) is 0 Å². The van der Waals surface area contributed by atoms with Gasteiger partial charge in [-0.3, -0.25) is 9.10 Å². The summed E-state index contributed by atoms with van der Waals surface area (Å²) in [4.78, 5) is 20.1. The van der Waals surface area contributed by atoms with Gasteiger partial charge in [0.1, 0.15) is 0 Å². The maximum Gasteiger partial charge on any atom is 0.264 e. The van der Waals surface area contributed by atoms with Gasteiger partial charge in [0.25, 0.3) is 15.9 Å². The third-order valence-electron chi connectivity index (χ3n) is 6.23. The van der Waals surface area contributed by atoms with Crippen LogP contribution in [-0.2, 0) is 10.0 Å². The second-order valence-corrected chi connectivity index (χ2v) is 11.5. The van der Waals surface area contributed by atoms with E-state index in [9.17, 15) is 13.2 Å². The zero-order valence-electron chi connectivity index (χ0n) is 18.8. The van der Waals surface area contributed by atoms with E-state index < -0.39 is 10.0 Å². The Morgan fingerprint density at radius 1 is 1.03 bits per heavy atom. The van der Waals surface area contributed by atoms with Crippen molar-refractivity contribution in [2.24, 2.45) is 0 Å². The van der Waals surface area contributed by atoms with Gasteiger partial charge in [0, 0.05) is 31.6 Å². The van der Waals surface area contributed by atoms with Crippen LogP contribution in [0.4, 0.5) is 5.69 Å². The summed E-state index contributed by atoms with van der Waals surface area (Å²) >= 11 is 1.69. The van der Waals surface area contributed by atoms with Gasteiger partial charge in [-0.05, 0) is 55.3 Å². The molecule has 34 heavy (non-hydrogen) atoms. The van der Waals surface area contributed by atoms with Gasteiger partial charge in [-0.1, -0.05) is 36.4 Å². The molecule has 174 valence electrons. The molecule has 1 aliphatic heterocycles. The van der Waals surface area contributed by atoms with Crippen molar-refractivity contribution in [3.63, 3.8) is 0 Å². The number of aromatic nitrogens is 1. The van der Waals surface area contributed by atoms with Gasteiger partial charge < -0.3 is 4.90 Å². The fraction of sp³-hybridized carbons (Fsp3) is 0.231. The number of anilines is 1. The molecule has 0 aliphatic carbocycles. The molecule has 0 bridgehead atoms. The van der Waals surface area contributed by atoms with E-state index in [0.717, 1.165) is 28.1 Å². The molecular weight excluding hydrogens is 466 g/mol. The smallest absolute Gasteiger partial charge is 0.264 e. The van der Waals surface area contributed by atoms with E-state index in [-0.39, 0.29) is 16.7 Å². The van der Waals surface area contributed by atoms with Gasteiger partial charge in [-0.15, -0.1) is 11.3 Å². The highest BCUT2D eigenvalue weighted by atomic mass is 32.2. The molecule has 0 N–H and O–H groups in total. The fourth-order valence-electron chi connectivity index (χ4n) is 4.33. The lowest BCUT2D eigenvalue weighted by molar-refractivity contribution is 0.0707. The van der Waals surface area contributed by atoms with Gasteiger partial charge in [0.2, 0.25) is 0 Å². The number of amides is 1. The number of nitrogens with zero attached hydrogens (tertiary/aromatic N) is 3. The number of hydrogen-bond acceptors (Lipinski definition) is 5. The van der Waals surface area contributed by atoms with Crippen molar-refractivity contribution in [2.75, 3.05) is 24.4 Å². The first-order valence-electron chi connectivity index (χ1n) is 11.2. The van der Waals surface area contributed by atoms with Crippen LogP contribution in [0.15, 0.2) is 83.8 Å². The monoisotopic (exact) mass is 491 g/mol. The normalized spacial score (nSPS) is 16.5. The Hall–Kier alpha value is -3.23. The van der Waals surface area contributed by atoms with Crippen molar-refractivity contribution in [3.8, 4) is 0 Å². The number of hydrogen-bond donors (Lipinski definition) is 0. The largest absolute Gasteiger partial charge is 0.338 e. The predicted molar refractivity (Wildman–Crippen MR) is 136 cm³/mol. The lowest BCUT2D eigenvalue weighted by Crippen LogP contribution is -2.39. The number of fused-ring (bicyclic) bond motifs is 1. The van der Waals surface area contributed by atoms with E-state index in [1.165, 1.54) is 23.5 Å². The maximum atomic E-state index is 13.4. The number of sulfonamides is 1. The van der Waals surface area contributed by atoms with Crippen LogP contribution >= 0.6 is 11.3 Å². The summed E-state index contributed by atoms with van der Waals surface area (Å²) in [5.41, 5.74) is 1.94. The van der Waals surface area contributed by atoms with Gasteiger partial charge in [0.05, 0.1) is 25.8 Å². The van der Waals surface area contributed by atoms with Crippen molar-refractivity contribution >= 4 is 43.2 Å². The molecule has 1 fully saturated rings. The van der Waals surface area contributed by atoms with Crippen molar-refractivity contribution in [2.45, 2.75) is 23.7 Å². The van der Waals surface area contributed by atoms with E-state index in [2.05, 4.69) is 6.07 Å². The van der Waals surface area contributed by atoms with Crippen molar-refractivity contribution in [1.82, 2.24) is 9.88 Å². The summed E-state index contributed by atoms with van der Waals surface area (Å²) in [6, 6.07) is 23.3. The molecule has 1 atom stereocenters. The summed E-state index contributed by atoms with van der Waals surface area (Å²) < 4.78 is 28.8. The molecule has 1 aromatic heterocycles. The second kappa shape index (κ2) is 9.19. The second-order valence-electron chi connectivity index (χ2n) is 8.45. The van der Waals surface area contributed by atoms with Crippen molar-refractivity contribution in [3.05, 3.63) is 89.4 Å². The standard InChI is InChI=1S/C26H25N3O3S2/c1-28(21-11-3-2-4-12-21)34(31,32)22-13-7-9-19(17-22)26(30)29-16-8-10-20(18-29)25-27-23-14-5-6-15-24(23)33-25/h2-7,9,11-15,17,20H,8,10,16,18H2,1H3/t20-/m0/s1. The van der Waals surface area contributed by atoms with E-state index in [4.69, 9.17) is 4.98 Å². The quantitative estimate of drug-likeness (QED) is 0.388. The average molecular weight is 492 g/mol. The molecule has 2 heterocycles. The molecule has 0 radical (unpaired) electrons. The average Bonchev–Trinajstić information content (AvgIpc) is 3.33. The lowest BCUT2D eigenvalue weighted by atomic mass is 9.98. The minimum absolute atomic E-state index is 0.101. The summed E-state index contributed by atoms with van der Waals surface area (Å²) in [5, 5.41) is 1.06. The van der Waals surface area contributed by atoms with Crippen LogP contribution in [0.2, 0.25) is 0 Å². The summed E-state index contributed by atoms with van der Waals surface area (Å²) in [5.74, 6) is 0.0384. The third-order valence-corrected chi connectivity index (χ3v) is 9.21. The van der Waals surface area contributed by atoms with Crippen molar-refractivity contribution < 1.29 is 13.2 Å². The summed E-state index contributed by atoms with van der Waals surface area (Å²) in [6.07, 6.45) is 1.88. The number of rotatable bonds is 5. The highest BCUT2D eigenvalue weighted by molar-refractivity contribution is 7.92. The molecule has 0 saturated carbocycles. The molecular formula is C26H25N3O3S2. The molecule has 1 saturated heterocycles. The Morgan fingerprint density at radius 3 is 2.59 bits per heavy atom. The Morgan fingerprint density at radius 2 is 1.79 bits per heavy atom. The molecule has 0 unspecified atom stereocenters. The topological polar surface area (TPSA) is 70.6 Å². The van der Waals surface area contributed by atoms with Crippen LogP contribution in [0.25, 0.3) is 10.2 Å². The third kappa shape index (κ3) is 4.31. The van der Waals surface area contributed by atoms with Gasteiger partial charge in [-0.2, -0.15) is 0 Å². The van der Waals surface area contributed by atoms with E-state index >= 15 is 0 Å². The highest BCUT2D eigenvalue weighted by Gasteiger charge is 2.29. The molecule has 8 heteroatoms. The van der Waals surface area contributed by atoms with E-state index in [1.807, 2.05) is 29.2 Å². The Kier molecular flexibility index (Phi) is 6.10. The maximum absolute atomic E-state index is 13.4. The molecule has 6 nitrogen and oxygen atoms in total. The summed E-state index contributed by atoms with van der Waals surface area (Å²) in [6.45, 7) is 1.24. The minimum atomic E-state index is -3.79. The van der Waals surface area contributed by atoms with E-state index in [1.54, 1.807) is 47.7 Å². The van der Waals surface area contributed by atoms with Gasteiger partial charge >= 0.3 is 0 Å². The van der Waals surface area contributed by atoms with Gasteiger partial charge in [-0.25, -0.2) is 13.4 Å². The first kappa shape index (κ1) is 22.6. The molecule has 3 aromatic carbocycles. The molecule has 4 aromatic rings. The number of likely N-dealkylation sites (tertiary alicyclic amines) is 1. The van der Waals surface area contributed by atoms with Crippen molar-refractivity contribution in [1.29, 1.82) is 0 Å². The number of piperidine rings is 1. The van der Waals surface area contributed by atoms with Crippen LogP contribution < -0.4 is 4.31 Å². The molecule has 1 aliphatic rings. The molecule has 0 spiro atoms. The fourth-order valence-corrected chi connectivity index (χ4v) is 6.67. The Labute approximate surface area is 203 Å². The zero-order valence-corrected chi connectivity index (χ0v) is 20.4. The van der Waals surface area contributed by atoms with E-state index in [0.29, 0.717) is 24.3 Å². The molecule has 5 rings (SSSR count). The first-order valence-corrected chi connectivity index (χ1v) is 13.5. The number of para-hydroxylation sites is 2. The Bertz CT molecular complexity index is 1400. The SMILES string of the molecule is CN(c1ccccc1)S(=O)(=O)c1cccc(C(=O)N2CCC[C@H](c3nc4ccccc4s3)C2)c1. The zero-order chi connectivity index (χ0) is 23.7. The Balaban J connectivity index is 1.37. The van der Waals surface area contributed by atoms with Crippen LogP contribution in [0, 0.1) is 0 Å². The molecule has 1 amide bonds. The van der Waals surface area contributed by atoms with Crippen LogP contribution in [-0.4, -0.2) is 44.3 Å². The van der Waals surface area contributed by atoms with Gasteiger partial charge in [0.15, 0.2) is 0 Å². The number of thiazole rings is 1. The minimum Gasteiger partial charge on any atom is -0.338 e. The number of benzene rings is 3. The highest BCUT2D eigenvalue weighted by Crippen LogP contribution is 2.33. The van der Waals surface area contributed by atoms with Crippen LogP contribution in [0.1, 0.15) is 34.1 Å². The number of carbonyl (C=O) groups excluding carboxylic acids is 1. The predicted octanol–water partition coefficient (Wildman–Crippen LogP) is 5.14. The lowest BCUT2D eigenvalue weighted by Gasteiger charge is -2.32. The first-order chi connectivity index (χ1) is 16.4. The summed E-state index contributed by atoms with van der Waals surface area (Å²) in [7, 11) is -2.27. The van der Waals surface area contributed by atoms with Crippen LogP contribution in [0.5, 0.6) is 0 Å².